The van der Waals surface area contributed by atoms with E-state index in [9.17, 15) is 4.79 Å². The van der Waals surface area contributed by atoms with E-state index in [0.717, 1.165) is 0 Å². The van der Waals surface area contributed by atoms with E-state index < -0.39 is 0 Å². The van der Waals surface area contributed by atoms with Crippen LogP contribution in [-0.2, 0) is 0 Å². The highest BCUT2D eigenvalue weighted by molar-refractivity contribution is 6.32. The van der Waals surface area contributed by atoms with Crippen LogP contribution in [0.2, 0.25) is 5.02 Å². The monoisotopic (exact) mass is 221 g/mol. The first-order valence-corrected chi connectivity index (χ1v) is 4.74. The minimum atomic E-state index is -0.0973. The van der Waals surface area contributed by atoms with Crippen LogP contribution in [0.5, 0.6) is 0 Å². The average Bonchev–Trinajstić information content (AvgIpc) is 2.67. The van der Waals surface area contributed by atoms with Gasteiger partial charge in [-0.1, -0.05) is 28.9 Å². The maximum absolute atomic E-state index is 11.3. The van der Waals surface area contributed by atoms with Gasteiger partial charge in [-0.05, 0) is 12.1 Å². The highest BCUT2D eigenvalue weighted by Crippen LogP contribution is 2.19. The third-order valence-corrected chi connectivity index (χ3v) is 2.31. The van der Waals surface area contributed by atoms with Crippen LogP contribution in [0.25, 0.3) is 5.69 Å². The van der Waals surface area contributed by atoms with Crippen LogP contribution in [0.4, 0.5) is 0 Å². The van der Waals surface area contributed by atoms with Crippen LogP contribution in [0.15, 0.2) is 30.5 Å². The van der Waals surface area contributed by atoms with Gasteiger partial charge in [-0.2, -0.15) is 0 Å². The van der Waals surface area contributed by atoms with E-state index in [-0.39, 0.29) is 5.78 Å². The quantitative estimate of drug-likeness (QED) is 0.730. The SMILES string of the molecule is CC(=O)c1cnnn1-c1ccccc1Cl. The molecule has 0 bridgehead atoms. The zero-order valence-corrected chi connectivity index (χ0v) is 8.77. The molecule has 0 fully saturated rings. The normalized spacial score (nSPS) is 10.3. The van der Waals surface area contributed by atoms with Crippen molar-refractivity contribution < 1.29 is 4.79 Å². The van der Waals surface area contributed by atoms with Gasteiger partial charge in [-0.25, -0.2) is 4.68 Å². The molecule has 76 valence electrons. The Morgan fingerprint density at radius 1 is 1.40 bits per heavy atom. The summed E-state index contributed by atoms with van der Waals surface area (Å²) in [5, 5.41) is 8.06. The number of carbonyl (C=O) groups is 1. The fourth-order valence-electron chi connectivity index (χ4n) is 1.28. The number of rotatable bonds is 2. The number of ketones is 1. The molecule has 0 saturated carbocycles. The number of aromatic nitrogens is 3. The number of hydrogen-bond donors (Lipinski definition) is 0. The van der Waals surface area contributed by atoms with Gasteiger partial charge in [0.15, 0.2) is 5.78 Å². The molecule has 0 saturated heterocycles. The van der Waals surface area contributed by atoms with Gasteiger partial charge in [0.2, 0.25) is 0 Å². The molecule has 2 aromatic rings. The maximum Gasteiger partial charge on any atom is 0.179 e. The molecule has 2 rings (SSSR count). The molecular formula is C10H8ClN3O. The summed E-state index contributed by atoms with van der Waals surface area (Å²) in [7, 11) is 0. The fraction of sp³-hybridized carbons (Fsp3) is 0.100. The van der Waals surface area contributed by atoms with Crippen molar-refractivity contribution in [3.05, 3.63) is 41.2 Å². The van der Waals surface area contributed by atoms with Gasteiger partial charge in [0, 0.05) is 6.92 Å². The van der Waals surface area contributed by atoms with Crippen LogP contribution in [0.1, 0.15) is 17.4 Å². The molecule has 0 radical (unpaired) electrons. The Kier molecular flexibility index (Phi) is 2.51. The zero-order chi connectivity index (χ0) is 10.8. The van der Waals surface area contributed by atoms with E-state index in [0.29, 0.717) is 16.4 Å². The van der Waals surface area contributed by atoms with Gasteiger partial charge in [-0.3, -0.25) is 4.79 Å². The van der Waals surface area contributed by atoms with Crippen molar-refractivity contribution in [2.75, 3.05) is 0 Å². The number of nitrogens with zero attached hydrogens (tertiary/aromatic N) is 3. The molecule has 1 aromatic heterocycles. The Bertz CT molecular complexity index is 507. The molecule has 0 aliphatic carbocycles. The Morgan fingerprint density at radius 3 is 2.80 bits per heavy atom. The summed E-state index contributed by atoms with van der Waals surface area (Å²) in [4.78, 5) is 11.3. The number of halogens is 1. The van der Waals surface area contributed by atoms with E-state index in [1.54, 1.807) is 12.1 Å². The second-order valence-corrected chi connectivity index (χ2v) is 3.45. The van der Waals surface area contributed by atoms with Crippen LogP contribution < -0.4 is 0 Å². The molecule has 15 heavy (non-hydrogen) atoms. The Balaban J connectivity index is 2.59. The predicted octanol–water partition coefficient (Wildman–Crippen LogP) is 2.12. The average molecular weight is 222 g/mol. The minimum Gasteiger partial charge on any atom is -0.293 e. The topological polar surface area (TPSA) is 47.8 Å². The standard InChI is InChI=1S/C10H8ClN3O/c1-7(15)10-6-12-13-14(10)9-5-3-2-4-8(9)11/h2-6H,1H3. The number of benzene rings is 1. The lowest BCUT2D eigenvalue weighted by molar-refractivity contribution is 0.101. The molecule has 4 nitrogen and oxygen atoms in total. The van der Waals surface area contributed by atoms with E-state index in [2.05, 4.69) is 10.3 Å². The molecule has 1 aromatic carbocycles. The fourth-order valence-corrected chi connectivity index (χ4v) is 1.49. The van der Waals surface area contributed by atoms with Gasteiger partial charge in [0.05, 0.1) is 16.9 Å². The van der Waals surface area contributed by atoms with Crippen molar-refractivity contribution >= 4 is 17.4 Å². The lowest BCUT2D eigenvalue weighted by Gasteiger charge is -2.04. The number of carbonyl (C=O) groups excluding carboxylic acids is 1. The van der Waals surface area contributed by atoms with Crippen LogP contribution >= 0.6 is 11.6 Å². The zero-order valence-electron chi connectivity index (χ0n) is 8.01. The lowest BCUT2D eigenvalue weighted by atomic mass is 10.3. The highest BCUT2D eigenvalue weighted by atomic mass is 35.5. The van der Waals surface area contributed by atoms with E-state index in [4.69, 9.17) is 11.6 Å². The number of Topliss-reactive ketones (excluding diaryl/α,β-unsaturated/α-hetero) is 1. The van der Waals surface area contributed by atoms with Crippen molar-refractivity contribution in [2.45, 2.75) is 6.92 Å². The molecule has 0 spiro atoms. The Hall–Kier alpha value is -1.68. The van der Waals surface area contributed by atoms with Gasteiger partial charge >= 0.3 is 0 Å². The van der Waals surface area contributed by atoms with Gasteiger partial charge in [0.25, 0.3) is 0 Å². The van der Waals surface area contributed by atoms with Gasteiger partial charge in [-0.15, -0.1) is 5.10 Å². The molecule has 5 heteroatoms. The third-order valence-electron chi connectivity index (χ3n) is 1.99. The predicted molar refractivity (Wildman–Crippen MR) is 56.4 cm³/mol. The van der Waals surface area contributed by atoms with Crippen molar-refractivity contribution in [1.82, 2.24) is 15.0 Å². The number of para-hydroxylation sites is 1. The maximum atomic E-state index is 11.3. The van der Waals surface area contributed by atoms with E-state index >= 15 is 0 Å². The van der Waals surface area contributed by atoms with Crippen molar-refractivity contribution in [3.8, 4) is 5.69 Å². The largest absolute Gasteiger partial charge is 0.293 e. The second kappa shape index (κ2) is 3.82. The molecule has 0 amide bonds. The highest BCUT2D eigenvalue weighted by Gasteiger charge is 2.11. The lowest BCUT2D eigenvalue weighted by Crippen LogP contribution is -2.06. The van der Waals surface area contributed by atoms with Crippen molar-refractivity contribution in [3.63, 3.8) is 0 Å². The van der Waals surface area contributed by atoms with E-state index in [1.165, 1.54) is 17.8 Å². The first-order chi connectivity index (χ1) is 7.20. The summed E-state index contributed by atoms with van der Waals surface area (Å²) < 4.78 is 1.44. The Morgan fingerprint density at radius 2 is 2.13 bits per heavy atom. The molecule has 0 unspecified atom stereocenters. The molecule has 0 N–H and O–H groups in total. The summed E-state index contributed by atoms with van der Waals surface area (Å²) in [6, 6.07) is 7.16. The minimum absolute atomic E-state index is 0.0973. The molecule has 1 heterocycles. The smallest absolute Gasteiger partial charge is 0.179 e. The van der Waals surface area contributed by atoms with Crippen LogP contribution in [0, 0.1) is 0 Å². The first-order valence-electron chi connectivity index (χ1n) is 4.36. The van der Waals surface area contributed by atoms with Crippen LogP contribution in [-0.4, -0.2) is 20.8 Å². The summed E-state index contributed by atoms with van der Waals surface area (Å²) in [5.41, 5.74) is 1.07. The third kappa shape index (κ3) is 1.76. The van der Waals surface area contributed by atoms with Crippen molar-refractivity contribution in [1.29, 1.82) is 0 Å². The summed E-state index contributed by atoms with van der Waals surface area (Å²) >= 11 is 5.99. The molecule has 0 aliphatic rings. The second-order valence-electron chi connectivity index (χ2n) is 3.04. The van der Waals surface area contributed by atoms with Crippen LogP contribution in [0.3, 0.4) is 0 Å². The Labute approximate surface area is 91.5 Å². The molecular weight excluding hydrogens is 214 g/mol. The molecule has 0 aliphatic heterocycles. The molecule has 0 atom stereocenters. The van der Waals surface area contributed by atoms with E-state index in [1.807, 2.05) is 12.1 Å². The summed E-state index contributed by atoms with van der Waals surface area (Å²) in [6.45, 7) is 1.46. The van der Waals surface area contributed by atoms with Gasteiger partial charge < -0.3 is 0 Å². The van der Waals surface area contributed by atoms with Crippen molar-refractivity contribution in [2.24, 2.45) is 0 Å². The van der Waals surface area contributed by atoms with Gasteiger partial charge in [0.1, 0.15) is 5.69 Å². The summed E-state index contributed by atoms with van der Waals surface area (Å²) in [6.07, 6.45) is 1.42. The summed E-state index contributed by atoms with van der Waals surface area (Å²) in [5.74, 6) is -0.0973. The first kappa shape index (κ1) is 9.86. The number of hydrogen-bond acceptors (Lipinski definition) is 3.